The average molecular weight is 508 g/mol. The van der Waals surface area contributed by atoms with Gasteiger partial charge in [0.05, 0.1) is 31.8 Å². The van der Waals surface area contributed by atoms with E-state index in [1.165, 1.54) is 35.6 Å². The van der Waals surface area contributed by atoms with Crippen molar-refractivity contribution in [1.82, 2.24) is 9.29 Å². The van der Waals surface area contributed by atoms with Gasteiger partial charge in [0.15, 0.2) is 5.13 Å². The quantitative estimate of drug-likeness (QED) is 0.471. The van der Waals surface area contributed by atoms with Crippen LogP contribution in [-0.4, -0.2) is 36.7 Å². The Kier molecular flexibility index (Phi) is 7.67. The van der Waals surface area contributed by atoms with Crippen molar-refractivity contribution in [3.05, 3.63) is 52.0 Å². The number of amides is 1. The highest BCUT2D eigenvalue weighted by Crippen LogP contribution is 2.35. The lowest BCUT2D eigenvalue weighted by molar-refractivity contribution is 0.102. The Bertz CT molecular complexity index is 1320. The Balaban J connectivity index is 1.78. The normalized spacial score (nSPS) is 11.3. The number of anilines is 1. The summed E-state index contributed by atoms with van der Waals surface area (Å²) in [5, 5.41) is 21.2. The number of rotatable bonds is 8. The topological polar surface area (TPSA) is 127 Å². The van der Waals surface area contributed by atoms with E-state index in [4.69, 9.17) is 33.7 Å². The molecule has 0 saturated carbocycles. The first-order valence-corrected chi connectivity index (χ1v) is 12.2. The molecule has 0 spiro atoms. The van der Waals surface area contributed by atoms with Crippen molar-refractivity contribution in [1.29, 1.82) is 10.5 Å². The third kappa shape index (κ3) is 5.18. The lowest BCUT2D eigenvalue weighted by atomic mass is 10.2. The van der Waals surface area contributed by atoms with Crippen LogP contribution >= 0.6 is 34.5 Å². The molecule has 0 aliphatic heterocycles. The molecule has 3 aromatic rings. The number of thiazole rings is 1. The van der Waals surface area contributed by atoms with Crippen LogP contribution in [0.15, 0.2) is 41.3 Å². The summed E-state index contributed by atoms with van der Waals surface area (Å²) < 4.78 is 27.5. The van der Waals surface area contributed by atoms with Crippen LogP contribution in [0.1, 0.15) is 23.2 Å². The number of halogens is 2. The predicted octanol–water partition coefficient (Wildman–Crippen LogP) is 4.67. The summed E-state index contributed by atoms with van der Waals surface area (Å²) in [6.45, 7) is -0.0418. The Morgan fingerprint density at radius 1 is 1.06 bits per heavy atom. The number of benzene rings is 2. The van der Waals surface area contributed by atoms with E-state index in [-0.39, 0.29) is 36.4 Å². The predicted molar refractivity (Wildman–Crippen MR) is 123 cm³/mol. The van der Waals surface area contributed by atoms with Gasteiger partial charge in [-0.2, -0.15) is 14.8 Å². The summed E-state index contributed by atoms with van der Waals surface area (Å²) in [6.07, 6.45) is 0.00505. The molecule has 2 aromatic carbocycles. The van der Waals surface area contributed by atoms with Crippen molar-refractivity contribution in [2.45, 2.75) is 17.7 Å². The van der Waals surface area contributed by atoms with Gasteiger partial charge < -0.3 is 0 Å². The number of sulfonamides is 1. The van der Waals surface area contributed by atoms with Gasteiger partial charge in [-0.05, 0) is 36.4 Å². The molecular formula is C20H15Cl2N5O3S2. The molecule has 0 fully saturated rings. The van der Waals surface area contributed by atoms with Crippen LogP contribution in [0, 0.1) is 22.7 Å². The lowest BCUT2D eigenvalue weighted by Crippen LogP contribution is -2.32. The van der Waals surface area contributed by atoms with Crippen LogP contribution < -0.4 is 5.32 Å². The van der Waals surface area contributed by atoms with Crippen molar-refractivity contribution in [2.75, 3.05) is 18.4 Å². The number of carbonyl (C=O) groups excluding carboxylic acids is 1. The van der Waals surface area contributed by atoms with Crippen molar-refractivity contribution in [2.24, 2.45) is 0 Å². The largest absolute Gasteiger partial charge is 0.298 e. The summed E-state index contributed by atoms with van der Waals surface area (Å²) in [5.41, 5.74) is 0.712. The Morgan fingerprint density at radius 3 is 2.28 bits per heavy atom. The van der Waals surface area contributed by atoms with Crippen LogP contribution in [0.3, 0.4) is 0 Å². The van der Waals surface area contributed by atoms with E-state index in [1.807, 2.05) is 12.1 Å². The molecule has 0 unspecified atom stereocenters. The fourth-order valence-corrected chi connectivity index (χ4v) is 5.52. The van der Waals surface area contributed by atoms with Gasteiger partial charge in [0, 0.05) is 31.5 Å². The van der Waals surface area contributed by atoms with Gasteiger partial charge in [-0.15, -0.1) is 0 Å². The van der Waals surface area contributed by atoms with Gasteiger partial charge in [0.25, 0.3) is 5.91 Å². The summed E-state index contributed by atoms with van der Waals surface area (Å²) >= 11 is 13.4. The monoisotopic (exact) mass is 507 g/mol. The van der Waals surface area contributed by atoms with Crippen LogP contribution in [-0.2, 0) is 10.0 Å². The summed E-state index contributed by atoms with van der Waals surface area (Å²) in [6, 6.07) is 12.6. The molecule has 1 N–H and O–H groups in total. The maximum atomic E-state index is 12.9. The van der Waals surface area contributed by atoms with Crippen molar-refractivity contribution in [3.63, 3.8) is 0 Å². The van der Waals surface area contributed by atoms with Crippen LogP contribution in [0.2, 0.25) is 10.0 Å². The molecule has 1 amide bonds. The van der Waals surface area contributed by atoms with Gasteiger partial charge in [0.1, 0.15) is 5.52 Å². The zero-order chi connectivity index (χ0) is 23.3. The highest BCUT2D eigenvalue weighted by molar-refractivity contribution is 7.89. The molecule has 0 radical (unpaired) electrons. The molecule has 1 aromatic heterocycles. The maximum absolute atomic E-state index is 12.9. The standard InChI is InChI=1S/C20H15Cl2N5O3S2/c21-15-7-8-16-18(17(15)22)25-20(31-16)26-19(28)13-3-5-14(6-4-13)32(29,30)27(11-1-9-23)12-2-10-24/h3-8H,1-2,11-12H2,(H,25,26,28). The molecule has 3 rings (SSSR count). The molecule has 1 heterocycles. The molecule has 8 nitrogen and oxygen atoms in total. The van der Waals surface area contributed by atoms with E-state index < -0.39 is 15.9 Å². The molecule has 0 bridgehead atoms. The summed E-state index contributed by atoms with van der Waals surface area (Å²) in [7, 11) is -3.91. The van der Waals surface area contributed by atoms with E-state index in [2.05, 4.69) is 10.3 Å². The number of aromatic nitrogens is 1. The second-order valence-corrected chi connectivity index (χ2v) is 10.2. The van der Waals surface area contributed by atoms with Crippen LogP contribution in [0.4, 0.5) is 5.13 Å². The fourth-order valence-electron chi connectivity index (χ4n) is 2.79. The lowest BCUT2D eigenvalue weighted by Gasteiger charge is -2.20. The molecule has 0 atom stereocenters. The Labute approximate surface area is 198 Å². The van der Waals surface area contributed by atoms with E-state index in [0.717, 1.165) is 9.01 Å². The first-order valence-electron chi connectivity index (χ1n) is 9.18. The average Bonchev–Trinajstić information content (AvgIpc) is 3.19. The second kappa shape index (κ2) is 10.3. The smallest absolute Gasteiger partial charge is 0.257 e. The zero-order valence-electron chi connectivity index (χ0n) is 16.4. The highest BCUT2D eigenvalue weighted by Gasteiger charge is 2.24. The molecule has 32 heavy (non-hydrogen) atoms. The van der Waals surface area contributed by atoms with Gasteiger partial charge in [0.2, 0.25) is 10.0 Å². The molecule has 164 valence electrons. The SMILES string of the molecule is N#CCCN(CCC#N)S(=O)(=O)c1ccc(C(=O)Nc2nc3c(Cl)c(Cl)ccc3s2)cc1. The van der Waals surface area contributed by atoms with Gasteiger partial charge in [-0.3, -0.25) is 10.1 Å². The van der Waals surface area contributed by atoms with Crippen LogP contribution in [0.25, 0.3) is 10.2 Å². The van der Waals surface area contributed by atoms with E-state index >= 15 is 0 Å². The molecular weight excluding hydrogens is 493 g/mol. The van der Waals surface area contributed by atoms with Crippen molar-refractivity contribution < 1.29 is 13.2 Å². The summed E-state index contributed by atoms with van der Waals surface area (Å²) in [4.78, 5) is 16.8. The first-order chi connectivity index (χ1) is 15.3. The molecule has 0 saturated heterocycles. The second-order valence-electron chi connectivity index (χ2n) is 6.43. The zero-order valence-corrected chi connectivity index (χ0v) is 19.5. The van der Waals surface area contributed by atoms with E-state index in [9.17, 15) is 13.2 Å². The van der Waals surface area contributed by atoms with Gasteiger partial charge in [-0.25, -0.2) is 13.4 Å². The van der Waals surface area contributed by atoms with Gasteiger partial charge >= 0.3 is 0 Å². The number of nitriles is 2. The minimum Gasteiger partial charge on any atom is -0.298 e. The summed E-state index contributed by atoms with van der Waals surface area (Å²) in [5.74, 6) is -0.471. The minimum atomic E-state index is -3.91. The number of hydrogen-bond acceptors (Lipinski definition) is 7. The number of carbonyl (C=O) groups is 1. The van der Waals surface area contributed by atoms with Gasteiger partial charge in [-0.1, -0.05) is 34.5 Å². The number of fused-ring (bicyclic) bond motifs is 1. The Morgan fingerprint density at radius 2 is 1.69 bits per heavy atom. The number of nitrogens with zero attached hydrogens (tertiary/aromatic N) is 4. The third-order valence-electron chi connectivity index (χ3n) is 4.37. The molecule has 0 aliphatic rings. The van der Waals surface area contributed by atoms with Crippen molar-refractivity contribution >= 4 is 65.8 Å². The van der Waals surface area contributed by atoms with E-state index in [0.29, 0.717) is 20.7 Å². The number of hydrogen-bond donors (Lipinski definition) is 1. The third-order valence-corrected chi connectivity index (χ3v) is 8.02. The minimum absolute atomic E-state index is 0.00252. The molecule has 0 aliphatic carbocycles. The maximum Gasteiger partial charge on any atom is 0.257 e. The van der Waals surface area contributed by atoms with E-state index in [1.54, 1.807) is 12.1 Å². The number of nitrogens with one attached hydrogen (secondary N) is 1. The molecule has 12 heteroatoms. The first kappa shape index (κ1) is 23.9. The fraction of sp³-hybridized carbons (Fsp3) is 0.200. The van der Waals surface area contributed by atoms with Crippen LogP contribution in [0.5, 0.6) is 0 Å². The highest BCUT2D eigenvalue weighted by atomic mass is 35.5. The van der Waals surface area contributed by atoms with Crippen molar-refractivity contribution in [3.8, 4) is 12.1 Å². The Hall–Kier alpha value is -2.73.